The molecule has 220 valence electrons. The number of ether oxygens (including phenoxy) is 3. The van der Waals surface area contributed by atoms with Crippen molar-refractivity contribution in [2.75, 3.05) is 25.7 Å². The van der Waals surface area contributed by atoms with Crippen molar-refractivity contribution in [2.24, 2.45) is 0 Å². The van der Waals surface area contributed by atoms with E-state index >= 15 is 0 Å². The monoisotopic (exact) mass is 646 g/mol. The van der Waals surface area contributed by atoms with E-state index in [0.717, 1.165) is 24.6 Å². The Morgan fingerprint density at radius 2 is 0.949 bits per heavy atom. The molecular weight excluding hydrogens is 625 g/mol. The van der Waals surface area contributed by atoms with Gasteiger partial charge in [-0.25, -0.2) is 16.8 Å². The minimum Gasteiger partial charge on any atom is -0.372 e. The summed E-state index contributed by atoms with van der Waals surface area (Å²) < 4.78 is 138. The van der Waals surface area contributed by atoms with E-state index in [4.69, 9.17) is 27.9 Å². The molecule has 0 amide bonds. The maximum atomic E-state index is 12.5. The average Bonchev–Trinajstić information content (AvgIpc) is 2.74. The fourth-order valence-electron chi connectivity index (χ4n) is 3.30. The Bertz CT molecular complexity index is 1290. The van der Waals surface area contributed by atoms with E-state index in [1.54, 1.807) is 0 Å². The SMILES string of the molecule is CS(=O)(=O)c1ccc(COCc2ccc(S(C)(=O)=O)c(COCC(F)(F)F)c2Cl)c(Cl)c1COCC(F)(F)F. The van der Waals surface area contributed by atoms with Gasteiger partial charge in [-0.2, -0.15) is 26.3 Å². The first-order valence-electron chi connectivity index (χ1n) is 10.6. The predicted octanol–water partition coefficient (Wildman–Crippen LogP) is 5.68. The molecule has 0 aliphatic heterocycles. The maximum Gasteiger partial charge on any atom is 0.411 e. The number of alkyl halides is 6. The van der Waals surface area contributed by atoms with Crippen LogP contribution in [0.2, 0.25) is 10.0 Å². The Labute approximate surface area is 230 Å². The van der Waals surface area contributed by atoms with Gasteiger partial charge in [-0.1, -0.05) is 35.3 Å². The molecule has 0 saturated carbocycles. The van der Waals surface area contributed by atoms with Crippen LogP contribution < -0.4 is 0 Å². The number of sulfone groups is 2. The second kappa shape index (κ2) is 12.9. The molecule has 0 fully saturated rings. The van der Waals surface area contributed by atoms with Crippen LogP contribution in [0.25, 0.3) is 0 Å². The van der Waals surface area contributed by atoms with Crippen LogP contribution in [-0.2, 0) is 60.3 Å². The molecule has 0 unspecified atom stereocenters. The van der Waals surface area contributed by atoms with E-state index in [0.29, 0.717) is 0 Å². The van der Waals surface area contributed by atoms with E-state index in [-0.39, 0.29) is 55.3 Å². The third kappa shape index (κ3) is 10.4. The number of hydrogen-bond acceptors (Lipinski definition) is 7. The number of halogens is 8. The lowest BCUT2D eigenvalue weighted by molar-refractivity contribution is -0.177. The molecule has 0 aliphatic rings. The molecule has 2 rings (SSSR count). The highest BCUT2D eigenvalue weighted by Gasteiger charge is 2.29. The molecule has 0 radical (unpaired) electrons. The zero-order valence-corrected chi connectivity index (χ0v) is 23.4. The van der Waals surface area contributed by atoms with Crippen LogP contribution in [0.4, 0.5) is 26.3 Å². The number of benzene rings is 2. The summed E-state index contributed by atoms with van der Waals surface area (Å²) >= 11 is 12.5. The zero-order valence-electron chi connectivity index (χ0n) is 20.2. The van der Waals surface area contributed by atoms with Crippen LogP contribution in [-0.4, -0.2) is 54.9 Å². The van der Waals surface area contributed by atoms with Gasteiger partial charge in [-0.05, 0) is 23.3 Å². The minimum absolute atomic E-state index is 0.187. The van der Waals surface area contributed by atoms with Gasteiger partial charge in [0.05, 0.1) is 46.3 Å². The van der Waals surface area contributed by atoms with Crippen LogP contribution in [0.15, 0.2) is 34.1 Å². The normalized spacial score (nSPS) is 13.2. The molecule has 0 aromatic heterocycles. The van der Waals surface area contributed by atoms with Crippen molar-refractivity contribution in [1.29, 1.82) is 0 Å². The summed E-state index contributed by atoms with van der Waals surface area (Å²) in [6, 6.07) is 4.85. The molecule has 7 nitrogen and oxygen atoms in total. The molecule has 0 aliphatic carbocycles. The largest absolute Gasteiger partial charge is 0.411 e. The molecule has 39 heavy (non-hydrogen) atoms. The van der Waals surface area contributed by atoms with Gasteiger partial charge >= 0.3 is 12.4 Å². The Hall–Kier alpha value is -1.62. The van der Waals surface area contributed by atoms with Gasteiger partial charge in [0.15, 0.2) is 19.7 Å². The van der Waals surface area contributed by atoms with E-state index in [1.807, 2.05) is 0 Å². The molecule has 17 heteroatoms. The second-order valence-corrected chi connectivity index (χ2v) is 13.0. The first-order chi connectivity index (χ1) is 17.7. The van der Waals surface area contributed by atoms with Gasteiger partial charge in [0.25, 0.3) is 0 Å². The topological polar surface area (TPSA) is 96.0 Å². The number of rotatable bonds is 12. The van der Waals surface area contributed by atoms with Crippen molar-refractivity contribution in [3.63, 3.8) is 0 Å². The summed E-state index contributed by atoms with van der Waals surface area (Å²) in [6.45, 7) is -5.36. The van der Waals surface area contributed by atoms with Gasteiger partial charge in [0.2, 0.25) is 0 Å². The molecule has 0 saturated heterocycles. The van der Waals surface area contributed by atoms with Gasteiger partial charge in [0.1, 0.15) is 13.2 Å². The highest BCUT2D eigenvalue weighted by Crippen LogP contribution is 2.32. The first-order valence-corrected chi connectivity index (χ1v) is 15.1. The molecule has 0 spiro atoms. The van der Waals surface area contributed by atoms with Gasteiger partial charge in [-0.3, -0.25) is 0 Å². The van der Waals surface area contributed by atoms with Crippen molar-refractivity contribution >= 4 is 42.9 Å². The summed E-state index contributed by atoms with van der Waals surface area (Å²) in [7, 11) is -7.76. The van der Waals surface area contributed by atoms with E-state index in [1.165, 1.54) is 12.1 Å². The third-order valence-corrected chi connectivity index (χ3v) is 8.20. The molecule has 0 atom stereocenters. The van der Waals surface area contributed by atoms with Gasteiger partial charge < -0.3 is 14.2 Å². The van der Waals surface area contributed by atoms with Crippen LogP contribution >= 0.6 is 23.2 Å². The van der Waals surface area contributed by atoms with Gasteiger partial charge in [-0.15, -0.1) is 0 Å². The zero-order chi connectivity index (χ0) is 29.8. The Morgan fingerprint density at radius 3 is 1.23 bits per heavy atom. The fourth-order valence-corrected chi connectivity index (χ4v) is 5.81. The molecule has 2 aromatic carbocycles. The summed E-state index contributed by atoms with van der Waals surface area (Å²) in [5, 5.41) is -0.417. The second-order valence-electron chi connectivity index (χ2n) is 8.28. The van der Waals surface area contributed by atoms with E-state index in [2.05, 4.69) is 9.47 Å². The predicted molar refractivity (Wildman–Crippen MR) is 129 cm³/mol. The highest BCUT2D eigenvalue weighted by molar-refractivity contribution is 7.91. The lowest BCUT2D eigenvalue weighted by Crippen LogP contribution is -2.17. The quantitative estimate of drug-likeness (QED) is 0.274. The van der Waals surface area contributed by atoms with Crippen molar-refractivity contribution < 1.29 is 57.4 Å². The Morgan fingerprint density at radius 1 is 0.615 bits per heavy atom. The average molecular weight is 647 g/mol. The first kappa shape index (κ1) is 33.6. The smallest absolute Gasteiger partial charge is 0.372 e. The standard InChI is InChI=1S/C22H22Cl2F6O7S2/c1-38(31,32)17-5-3-13(19(23)15(17)9-36-11-21(25,26)27)7-35-8-14-4-6-18(39(2,33)34)16(20(14)24)10-37-12-22(28,29)30/h3-6H,7-12H2,1-2H3. The van der Waals surface area contributed by atoms with Crippen molar-refractivity contribution in [3.05, 3.63) is 56.6 Å². The molecular formula is C22H22Cl2F6O7S2. The molecule has 2 aromatic rings. The van der Waals surface area contributed by atoms with E-state index in [9.17, 15) is 43.2 Å². The van der Waals surface area contributed by atoms with Gasteiger partial charge in [0, 0.05) is 23.6 Å². The fraction of sp³-hybridized carbons (Fsp3) is 0.455. The van der Waals surface area contributed by atoms with Crippen molar-refractivity contribution in [1.82, 2.24) is 0 Å². The minimum atomic E-state index is -4.65. The molecule has 0 N–H and O–H groups in total. The Balaban J connectivity index is 2.27. The van der Waals surface area contributed by atoms with Crippen LogP contribution in [0.3, 0.4) is 0 Å². The lowest BCUT2D eigenvalue weighted by atomic mass is 10.1. The molecule has 0 heterocycles. The summed E-state index contributed by atoms with van der Waals surface area (Å²) in [5.74, 6) is 0. The molecule has 0 bridgehead atoms. The third-order valence-electron chi connectivity index (χ3n) is 4.90. The highest BCUT2D eigenvalue weighted by atomic mass is 35.5. The summed E-state index contributed by atoms with van der Waals surface area (Å²) in [6.07, 6.45) is -7.61. The lowest BCUT2D eigenvalue weighted by Gasteiger charge is -2.17. The van der Waals surface area contributed by atoms with E-state index < -0.39 is 58.5 Å². The summed E-state index contributed by atoms with van der Waals surface area (Å²) in [4.78, 5) is -0.664. The van der Waals surface area contributed by atoms with Crippen LogP contribution in [0, 0.1) is 0 Å². The summed E-state index contributed by atoms with van der Waals surface area (Å²) in [5.41, 5.74) is -0.0344. The van der Waals surface area contributed by atoms with Crippen LogP contribution in [0.1, 0.15) is 22.3 Å². The number of hydrogen-bond donors (Lipinski definition) is 0. The van der Waals surface area contributed by atoms with Crippen LogP contribution in [0.5, 0.6) is 0 Å². The Kier molecular flexibility index (Phi) is 11.1. The maximum absolute atomic E-state index is 12.5. The van der Waals surface area contributed by atoms with Crippen molar-refractivity contribution in [3.8, 4) is 0 Å². The van der Waals surface area contributed by atoms with Crippen molar-refractivity contribution in [2.45, 2.75) is 48.6 Å².